The van der Waals surface area contributed by atoms with Crippen LogP contribution in [0.5, 0.6) is 5.75 Å². The van der Waals surface area contributed by atoms with Crippen LogP contribution in [0.15, 0.2) is 36.4 Å². The van der Waals surface area contributed by atoms with Crippen LogP contribution in [0.25, 0.3) is 0 Å². The van der Waals surface area contributed by atoms with E-state index in [1.165, 1.54) is 17.0 Å². The van der Waals surface area contributed by atoms with Crippen LogP contribution in [0.3, 0.4) is 0 Å². The zero-order valence-electron chi connectivity index (χ0n) is 10.2. The lowest BCUT2D eigenvalue weighted by Gasteiger charge is -2.16. The molecule has 0 atom stereocenters. The first-order valence-corrected chi connectivity index (χ1v) is 5.96. The number of phenolic OH excluding ortho intramolecular Hbond substituents is 1. The summed E-state index contributed by atoms with van der Waals surface area (Å²) in [6, 6.07) is 9.73. The van der Waals surface area contributed by atoms with Gasteiger partial charge in [-0.25, -0.2) is 0 Å². The van der Waals surface area contributed by atoms with Gasteiger partial charge in [0.05, 0.1) is 0 Å². The topological polar surface area (TPSA) is 66.3 Å². The number of aromatic hydroxyl groups is 1. The van der Waals surface area contributed by atoms with Gasteiger partial charge in [0.25, 0.3) is 5.91 Å². The highest BCUT2D eigenvalue weighted by atomic mass is 35.5. The van der Waals surface area contributed by atoms with Crippen molar-refractivity contribution in [3.63, 3.8) is 0 Å². The van der Waals surface area contributed by atoms with Crippen molar-refractivity contribution in [1.82, 2.24) is 15.1 Å². The standard InChI is InChI=1S/C13H12ClN3O2/c1-17(8-9-2-4-10(18)5-3-9)13(19)11-6-7-12(14)16-15-11/h2-7,18H,8H2,1H3. The fourth-order valence-corrected chi connectivity index (χ4v) is 1.67. The fraction of sp³-hybridized carbons (Fsp3) is 0.154. The maximum absolute atomic E-state index is 12.1. The SMILES string of the molecule is CN(Cc1ccc(O)cc1)C(=O)c1ccc(Cl)nn1. The summed E-state index contributed by atoms with van der Waals surface area (Å²) in [4.78, 5) is 13.6. The summed E-state index contributed by atoms with van der Waals surface area (Å²) in [7, 11) is 1.67. The van der Waals surface area contributed by atoms with E-state index in [0.717, 1.165) is 5.56 Å². The van der Waals surface area contributed by atoms with Gasteiger partial charge in [0.15, 0.2) is 10.8 Å². The number of carbonyl (C=O) groups is 1. The summed E-state index contributed by atoms with van der Waals surface area (Å²) < 4.78 is 0. The molecule has 5 nitrogen and oxygen atoms in total. The van der Waals surface area contributed by atoms with Gasteiger partial charge in [-0.1, -0.05) is 23.7 Å². The van der Waals surface area contributed by atoms with E-state index in [9.17, 15) is 9.90 Å². The van der Waals surface area contributed by atoms with E-state index in [2.05, 4.69) is 10.2 Å². The molecule has 0 fully saturated rings. The Morgan fingerprint density at radius 2 is 1.89 bits per heavy atom. The van der Waals surface area contributed by atoms with Crippen LogP contribution in [-0.4, -0.2) is 33.2 Å². The van der Waals surface area contributed by atoms with E-state index in [0.29, 0.717) is 6.54 Å². The first-order chi connectivity index (χ1) is 9.06. The molecule has 1 N–H and O–H groups in total. The average molecular weight is 278 g/mol. The summed E-state index contributed by atoms with van der Waals surface area (Å²) in [5.74, 6) is -0.0430. The predicted molar refractivity (Wildman–Crippen MR) is 70.9 cm³/mol. The fourth-order valence-electron chi connectivity index (χ4n) is 1.57. The summed E-state index contributed by atoms with van der Waals surface area (Å²) >= 11 is 5.62. The maximum Gasteiger partial charge on any atom is 0.274 e. The summed E-state index contributed by atoms with van der Waals surface area (Å²) in [6.07, 6.45) is 0. The smallest absolute Gasteiger partial charge is 0.274 e. The molecule has 0 spiro atoms. The highest BCUT2D eigenvalue weighted by molar-refractivity contribution is 6.29. The third-order valence-corrected chi connectivity index (χ3v) is 2.76. The lowest BCUT2D eigenvalue weighted by molar-refractivity contribution is 0.0778. The zero-order chi connectivity index (χ0) is 13.8. The van der Waals surface area contributed by atoms with E-state index in [1.54, 1.807) is 31.3 Å². The first-order valence-electron chi connectivity index (χ1n) is 5.59. The van der Waals surface area contributed by atoms with E-state index in [-0.39, 0.29) is 22.5 Å². The van der Waals surface area contributed by atoms with Crippen molar-refractivity contribution in [3.05, 3.63) is 52.8 Å². The Balaban J connectivity index is 2.07. The molecule has 0 aliphatic rings. The number of hydrogen-bond acceptors (Lipinski definition) is 4. The number of carbonyl (C=O) groups excluding carboxylic acids is 1. The number of rotatable bonds is 3. The molecule has 1 amide bonds. The summed E-state index contributed by atoms with van der Waals surface area (Å²) in [6.45, 7) is 0.420. The normalized spacial score (nSPS) is 10.2. The molecular weight excluding hydrogens is 266 g/mol. The van der Waals surface area contributed by atoms with Gasteiger partial charge in [-0.05, 0) is 29.8 Å². The quantitative estimate of drug-likeness (QED) is 0.933. The Labute approximate surface area is 115 Å². The van der Waals surface area contributed by atoms with Crippen molar-refractivity contribution in [1.29, 1.82) is 0 Å². The van der Waals surface area contributed by atoms with Crippen molar-refractivity contribution in [2.45, 2.75) is 6.54 Å². The van der Waals surface area contributed by atoms with Crippen LogP contribution in [0, 0.1) is 0 Å². The van der Waals surface area contributed by atoms with Gasteiger partial charge in [-0.2, -0.15) is 0 Å². The van der Waals surface area contributed by atoms with E-state index < -0.39 is 0 Å². The number of phenols is 1. The largest absolute Gasteiger partial charge is 0.508 e. The van der Waals surface area contributed by atoms with Crippen LogP contribution in [0.1, 0.15) is 16.1 Å². The number of hydrogen-bond donors (Lipinski definition) is 1. The minimum Gasteiger partial charge on any atom is -0.508 e. The molecule has 0 bridgehead atoms. The van der Waals surface area contributed by atoms with E-state index in [4.69, 9.17) is 11.6 Å². The lowest BCUT2D eigenvalue weighted by Crippen LogP contribution is -2.27. The highest BCUT2D eigenvalue weighted by Crippen LogP contribution is 2.12. The zero-order valence-corrected chi connectivity index (χ0v) is 11.0. The van der Waals surface area contributed by atoms with Gasteiger partial charge >= 0.3 is 0 Å². The van der Waals surface area contributed by atoms with Crippen molar-refractivity contribution in [2.75, 3.05) is 7.05 Å². The molecule has 6 heteroatoms. The molecule has 0 radical (unpaired) electrons. The van der Waals surface area contributed by atoms with Gasteiger partial charge in [0.1, 0.15) is 5.75 Å². The average Bonchev–Trinajstić information content (AvgIpc) is 2.41. The minimum atomic E-state index is -0.239. The second kappa shape index (κ2) is 5.67. The van der Waals surface area contributed by atoms with Crippen LogP contribution in [0.4, 0.5) is 0 Å². The summed E-state index contributed by atoms with van der Waals surface area (Å²) in [5, 5.41) is 16.8. The predicted octanol–water partition coefficient (Wildman–Crippen LogP) is 2.11. The van der Waals surface area contributed by atoms with Gasteiger partial charge in [0.2, 0.25) is 0 Å². The van der Waals surface area contributed by atoms with E-state index in [1.807, 2.05) is 0 Å². The molecule has 98 valence electrons. The third kappa shape index (κ3) is 3.42. The van der Waals surface area contributed by atoms with Gasteiger partial charge < -0.3 is 10.0 Å². The van der Waals surface area contributed by atoms with Crippen molar-refractivity contribution in [3.8, 4) is 5.75 Å². The molecule has 0 aliphatic carbocycles. The number of halogens is 1. The second-order valence-electron chi connectivity index (χ2n) is 4.07. The number of nitrogens with zero attached hydrogens (tertiary/aromatic N) is 3. The van der Waals surface area contributed by atoms with Crippen LogP contribution in [-0.2, 0) is 6.54 Å². The number of benzene rings is 1. The lowest BCUT2D eigenvalue weighted by atomic mass is 10.2. The first kappa shape index (κ1) is 13.3. The molecular formula is C13H12ClN3O2. The van der Waals surface area contributed by atoms with Crippen LogP contribution in [0.2, 0.25) is 5.15 Å². The Morgan fingerprint density at radius 3 is 2.47 bits per heavy atom. The molecule has 0 aliphatic heterocycles. The molecule has 1 aromatic carbocycles. The second-order valence-corrected chi connectivity index (χ2v) is 4.46. The molecule has 1 heterocycles. The minimum absolute atomic E-state index is 0.196. The van der Waals surface area contributed by atoms with Crippen molar-refractivity contribution in [2.24, 2.45) is 0 Å². The Bertz CT molecular complexity index is 569. The molecule has 1 aromatic heterocycles. The number of amides is 1. The third-order valence-electron chi connectivity index (χ3n) is 2.55. The van der Waals surface area contributed by atoms with Crippen molar-refractivity contribution < 1.29 is 9.90 Å². The van der Waals surface area contributed by atoms with Gasteiger partial charge in [-0.3, -0.25) is 4.79 Å². The number of aromatic nitrogens is 2. The Morgan fingerprint density at radius 1 is 1.21 bits per heavy atom. The van der Waals surface area contributed by atoms with Crippen LogP contribution < -0.4 is 0 Å². The molecule has 19 heavy (non-hydrogen) atoms. The molecule has 0 unspecified atom stereocenters. The molecule has 0 saturated heterocycles. The Kier molecular flexibility index (Phi) is 3.97. The summed E-state index contributed by atoms with van der Waals surface area (Å²) in [5.41, 5.74) is 1.15. The molecule has 0 saturated carbocycles. The highest BCUT2D eigenvalue weighted by Gasteiger charge is 2.13. The molecule has 2 rings (SSSR count). The Hall–Kier alpha value is -2.14. The van der Waals surface area contributed by atoms with Crippen LogP contribution >= 0.6 is 11.6 Å². The monoisotopic (exact) mass is 277 g/mol. The van der Waals surface area contributed by atoms with Crippen molar-refractivity contribution >= 4 is 17.5 Å². The maximum atomic E-state index is 12.1. The van der Waals surface area contributed by atoms with E-state index >= 15 is 0 Å². The molecule has 2 aromatic rings. The van der Waals surface area contributed by atoms with Gasteiger partial charge in [0, 0.05) is 13.6 Å². The van der Waals surface area contributed by atoms with Gasteiger partial charge in [-0.15, -0.1) is 10.2 Å².